The molecular weight excluding hydrogens is 366 g/mol. The van der Waals surface area contributed by atoms with E-state index < -0.39 is 21.1 Å². The molecule has 0 aliphatic carbocycles. The summed E-state index contributed by atoms with van der Waals surface area (Å²) in [4.78, 5) is 28.1. The Morgan fingerprint density at radius 1 is 0.963 bits per heavy atom. The summed E-state index contributed by atoms with van der Waals surface area (Å²) < 4.78 is 28.1. The zero-order valence-corrected chi connectivity index (χ0v) is 16.1. The first-order chi connectivity index (χ1) is 12.7. The van der Waals surface area contributed by atoms with Crippen LogP contribution in [0.5, 0.6) is 0 Å². The molecule has 0 unspecified atom stereocenters. The molecule has 0 aliphatic heterocycles. The lowest BCUT2D eigenvalue weighted by Crippen LogP contribution is -2.37. The highest BCUT2D eigenvalue weighted by atomic mass is 32.2. The van der Waals surface area contributed by atoms with Crippen molar-refractivity contribution in [2.45, 2.75) is 38.3 Å². The quantitative estimate of drug-likeness (QED) is 0.655. The second kappa shape index (κ2) is 7.13. The van der Waals surface area contributed by atoms with E-state index in [-0.39, 0.29) is 23.0 Å². The zero-order chi connectivity index (χ0) is 19.8. The molecule has 0 amide bonds. The van der Waals surface area contributed by atoms with Crippen LogP contribution in [0.4, 0.5) is 0 Å². The number of H-pyrrole nitrogens is 2. The Labute approximate surface area is 156 Å². The molecule has 3 rings (SSSR count). The largest absolute Gasteiger partial charge is 0.316 e. The Kier molecular flexibility index (Phi) is 5.03. The standard InChI is InChI=1S/C19H21N3O4S/c1-12(2)22(11-14-7-5-4-6-8-14)27(25,26)17-10-16-15(9-13(17)3)20-18(23)19(24)21-16/h4-10,12H,11H2,1-3H3,(H,20,23)(H,21,24). The third-order valence-electron chi connectivity index (χ3n) is 4.36. The molecule has 7 nitrogen and oxygen atoms in total. The van der Waals surface area contributed by atoms with Gasteiger partial charge in [-0.05, 0) is 44.0 Å². The highest BCUT2D eigenvalue weighted by molar-refractivity contribution is 7.89. The Hall–Kier alpha value is -2.71. The summed E-state index contributed by atoms with van der Waals surface area (Å²) in [5.74, 6) is 0. The third-order valence-corrected chi connectivity index (χ3v) is 6.53. The van der Waals surface area contributed by atoms with Crippen LogP contribution in [0.15, 0.2) is 56.9 Å². The van der Waals surface area contributed by atoms with Gasteiger partial charge in [0.25, 0.3) is 0 Å². The predicted molar refractivity (Wildman–Crippen MR) is 104 cm³/mol. The van der Waals surface area contributed by atoms with Crippen LogP contribution in [0.1, 0.15) is 25.0 Å². The summed E-state index contributed by atoms with van der Waals surface area (Å²) >= 11 is 0. The molecule has 0 saturated carbocycles. The minimum Gasteiger partial charge on any atom is -0.316 e. The normalized spacial score (nSPS) is 12.2. The van der Waals surface area contributed by atoms with Gasteiger partial charge in [-0.2, -0.15) is 4.31 Å². The Bertz CT molecular complexity index is 1200. The minimum atomic E-state index is -3.82. The molecule has 8 heteroatoms. The SMILES string of the molecule is Cc1cc2[nH]c(=O)c(=O)[nH]c2cc1S(=O)(=O)N(Cc1ccccc1)C(C)C. The molecule has 2 N–H and O–H groups in total. The molecule has 0 fully saturated rings. The van der Waals surface area contributed by atoms with Crippen LogP contribution in [0.2, 0.25) is 0 Å². The first-order valence-corrected chi connectivity index (χ1v) is 9.97. The van der Waals surface area contributed by atoms with Crippen molar-refractivity contribution in [3.63, 3.8) is 0 Å². The number of rotatable bonds is 5. The van der Waals surface area contributed by atoms with Gasteiger partial charge in [0.1, 0.15) is 0 Å². The molecular formula is C19H21N3O4S. The molecule has 2 aromatic carbocycles. The number of aryl methyl sites for hydroxylation is 1. The summed E-state index contributed by atoms with van der Waals surface area (Å²) in [5, 5.41) is 0. The van der Waals surface area contributed by atoms with Gasteiger partial charge in [0.15, 0.2) is 0 Å². The van der Waals surface area contributed by atoms with Crippen molar-refractivity contribution in [3.8, 4) is 0 Å². The maximum atomic E-state index is 13.4. The van der Waals surface area contributed by atoms with Crippen molar-refractivity contribution in [3.05, 3.63) is 74.3 Å². The summed E-state index contributed by atoms with van der Waals surface area (Å²) in [7, 11) is -3.82. The van der Waals surface area contributed by atoms with Crippen LogP contribution in [0.25, 0.3) is 11.0 Å². The number of fused-ring (bicyclic) bond motifs is 1. The van der Waals surface area contributed by atoms with E-state index in [1.807, 2.05) is 44.2 Å². The molecule has 0 aliphatic rings. The third kappa shape index (κ3) is 3.72. The van der Waals surface area contributed by atoms with Gasteiger partial charge in [0, 0.05) is 12.6 Å². The Balaban J connectivity index is 2.14. The fraction of sp³-hybridized carbons (Fsp3) is 0.263. The smallest absolute Gasteiger partial charge is 0.314 e. The van der Waals surface area contributed by atoms with Crippen LogP contribution in [-0.2, 0) is 16.6 Å². The van der Waals surface area contributed by atoms with E-state index in [4.69, 9.17) is 0 Å². The van der Waals surface area contributed by atoms with Gasteiger partial charge < -0.3 is 9.97 Å². The minimum absolute atomic E-state index is 0.0994. The molecule has 0 bridgehead atoms. The van der Waals surface area contributed by atoms with E-state index in [9.17, 15) is 18.0 Å². The summed E-state index contributed by atoms with van der Waals surface area (Å²) in [6.07, 6.45) is 0. The van der Waals surface area contributed by atoms with Crippen LogP contribution >= 0.6 is 0 Å². The van der Waals surface area contributed by atoms with Gasteiger partial charge in [0.2, 0.25) is 10.0 Å². The number of benzene rings is 2. The van der Waals surface area contributed by atoms with Gasteiger partial charge in [-0.3, -0.25) is 9.59 Å². The molecule has 1 heterocycles. The number of sulfonamides is 1. The van der Waals surface area contributed by atoms with E-state index in [0.29, 0.717) is 11.1 Å². The van der Waals surface area contributed by atoms with Gasteiger partial charge >= 0.3 is 11.1 Å². The molecule has 0 spiro atoms. The fourth-order valence-electron chi connectivity index (χ4n) is 2.97. The highest BCUT2D eigenvalue weighted by Crippen LogP contribution is 2.26. The molecule has 0 radical (unpaired) electrons. The molecule has 27 heavy (non-hydrogen) atoms. The van der Waals surface area contributed by atoms with Crippen LogP contribution in [-0.4, -0.2) is 28.7 Å². The second-order valence-electron chi connectivity index (χ2n) is 6.70. The fourth-order valence-corrected chi connectivity index (χ4v) is 4.83. The van der Waals surface area contributed by atoms with Crippen molar-refractivity contribution in [2.75, 3.05) is 0 Å². The topological polar surface area (TPSA) is 103 Å². The monoisotopic (exact) mass is 387 g/mol. The molecule has 1 aromatic heterocycles. The average molecular weight is 387 g/mol. The van der Waals surface area contributed by atoms with E-state index in [0.717, 1.165) is 5.56 Å². The van der Waals surface area contributed by atoms with Crippen molar-refractivity contribution < 1.29 is 8.42 Å². The second-order valence-corrected chi connectivity index (χ2v) is 8.56. The van der Waals surface area contributed by atoms with Crippen LogP contribution in [0, 0.1) is 6.92 Å². The van der Waals surface area contributed by atoms with Crippen LogP contribution in [0.3, 0.4) is 0 Å². The number of nitrogens with zero attached hydrogens (tertiary/aromatic N) is 1. The first kappa shape index (κ1) is 19.1. The van der Waals surface area contributed by atoms with E-state index in [1.54, 1.807) is 13.0 Å². The van der Waals surface area contributed by atoms with Gasteiger partial charge in [-0.1, -0.05) is 30.3 Å². The summed E-state index contributed by atoms with van der Waals surface area (Å²) in [5.41, 5.74) is 0.433. The van der Waals surface area contributed by atoms with E-state index in [2.05, 4.69) is 9.97 Å². The number of hydrogen-bond acceptors (Lipinski definition) is 4. The molecule has 3 aromatic rings. The highest BCUT2D eigenvalue weighted by Gasteiger charge is 2.29. The maximum Gasteiger partial charge on any atom is 0.314 e. The van der Waals surface area contributed by atoms with Gasteiger partial charge in [-0.25, -0.2) is 8.42 Å². The van der Waals surface area contributed by atoms with E-state index >= 15 is 0 Å². The predicted octanol–water partition coefficient (Wildman–Crippen LogP) is 2.12. The summed E-state index contributed by atoms with van der Waals surface area (Å²) in [6, 6.07) is 12.0. The maximum absolute atomic E-state index is 13.4. The lowest BCUT2D eigenvalue weighted by atomic mass is 10.2. The van der Waals surface area contributed by atoms with Crippen LogP contribution < -0.4 is 11.1 Å². The van der Waals surface area contributed by atoms with Crippen molar-refractivity contribution in [1.29, 1.82) is 0 Å². The van der Waals surface area contributed by atoms with Crippen molar-refractivity contribution >= 4 is 21.1 Å². The number of aromatic nitrogens is 2. The number of aromatic amines is 2. The lowest BCUT2D eigenvalue weighted by Gasteiger charge is -2.27. The van der Waals surface area contributed by atoms with Crippen molar-refractivity contribution in [2.24, 2.45) is 0 Å². The van der Waals surface area contributed by atoms with E-state index in [1.165, 1.54) is 10.4 Å². The number of nitrogens with one attached hydrogen (secondary N) is 2. The van der Waals surface area contributed by atoms with Gasteiger partial charge in [0.05, 0.1) is 15.9 Å². The first-order valence-electron chi connectivity index (χ1n) is 8.53. The Morgan fingerprint density at radius 3 is 2.07 bits per heavy atom. The molecule has 0 saturated heterocycles. The summed E-state index contributed by atoms with van der Waals surface area (Å²) in [6.45, 7) is 5.53. The lowest BCUT2D eigenvalue weighted by molar-refractivity contribution is 0.348. The Morgan fingerprint density at radius 2 is 1.52 bits per heavy atom. The average Bonchev–Trinajstić information content (AvgIpc) is 2.61. The molecule has 142 valence electrons. The van der Waals surface area contributed by atoms with Gasteiger partial charge in [-0.15, -0.1) is 0 Å². The number of hydrogen-bond donors (Lipinski definition) is 2. The zero-order valence-electron chi connectivity index (χ0n) is 15.3. The van der Waals surface area contributed by atoms with Crippen molar-refractivity contribution in [1.82, 2.24) is 14.3 Å². The molecule has 0 atom stereocenters.